The smallest absolute Gasteiger partial charge is 0.189 e. The van der Waals surface area contributed by atoms with Gasteiger partial charge in [0.1, 0.15) is 0 Å². The number of nitrogens with one attached hydrogen (secondary N) is 1. The Morgan fingerprint density at radius 1 is 1.50 bits per heavy atom. The minimum atomic E-state index is 0. The first-order valence-electron chi connectivity index (χ1n) is 5.59. The molecule has 6 heteroatoms. The van der Waals surface area contributed by atoms with Crippen LogP contribution in [0.4, 0.5) is 0 Å². The normalized spacial score (nSPS) is 11.0. The van der Waals surface area contributed by atoms with Gasteiger partial charge in [0, 0.05) is 24.8 Å². The first-order chi connectivity index (χ1) is 7.91. The van der Waals surface area contributed by atoms with Crippen LogP contribution in [0.25, 0.3) is 0 Å². The van der Waals surface area contributed by atoms with E-state index in [9.17, 15) is 0 Å². The lowest BCUT2D eigenvalue weighted by atomic mass is 10.2. The highest BCUT2D eigenvalue weighted by Gasteiger charge is 2.08. The maximum atomic E-state index is 5.75. The fourth-order valence-corrected chi connectivity index (χ4v) is 1.51. The largest absolute Gasteiger partial charge is 0.370 e. The summed E-state index contributed by atoms with van der Waals surface area (Å²) < 4.78 is 1.86. The highest BCUT2D eigenvalue weighted by Crippen LogP contribution is 2.12. The van der Waals surface area contributed by atoms with Crippen LogP contribution in [0.1, 0.15) is 23.9 Å². The van der Waals surface area contributed by atoms with Gasteiger partial charge in [-0.15, -0.1) is 24.0 Å². The van der Waals surface area contributed by atoms with Gasteiger partial charge in [0.2, 0.25) is 0 Å². The molecule has 1 rings (SSSR count). The van der Waals surface area contributed by atoms with E-state index in [1.165, 1.54) is 0 Å². The number of aryl methyl sites for hydroxylation is 2. The van der Waals surface area contributed by atoms with Gasteiger partial charge < -0.3 is 11.1 Å². The third kappa shape index (κ3) is 4.67. The van der Waals surface area contributed by atoms with Crippen LogP contribution >= 0.6 is 24.0 Å². The van der Waals surface area contributed by atoms with E-state index in [0.29, 0.717) is 19.0 Å². The van der Waals surface area contributed by atoms with Crippen LogP contribution in [0.15, 0.2) is 17.1 Å². The highest BCUT2D eigenvalue weighted by molar-refractivity contribution is 14.0. The second-order valence-corrected chi connectivity index (χ2v) is 4.29. The van der Waals surface area contributed by atoms with Gasteiger partial charge >= 0.3 is 0 Å². The van der Waals surface area contributed by atoms with Crippen molar-refractivity contribution in [2.24, 2.45) is 17.8 Å². The van der Waals surface area contributed by atoms with Crippen LogP contribution < -0.4 is 11.1 Å². The fraction of sp³-hybridized carbons (Fsp3) is 0.500. The van der Waals surface area contributed by atoms with Crippen LogP contribution in [-0.4, -0.2) is 22.3 Å². The molecule has 0 amide bonds. The summed E-state index contributed by atoms with van der Waals surface area (Å²) in [7, 11) is 1.93. The summed E-state index contributed by atoms with van der Waals surface area (Å²) in [4.78, 5) is 4.29. The van der Waals surface area contributed by atoms with Crippen molar-refractivity contribution < 1.29 is 0 Å². The number of nitrogens with two attached hydrogens (primary N) is 1. The molecule has 0 aliphatic heterocycles. The maximum Gasteiger partial charge on any atom is 0.189 e. The Labute approximate surface area is 126 Å². The zero-order chi connectivity index (χ0) is 13.0. The zero-order valence-corrected chi connectivity index (χ0v) is 13.8. The van der Waals surface area contributed by atoms with Gasteiger partial charge in [0.15, 0.2) is 5.96 Å². The first kappa shape index (κ1) is 16.9. The molecule has 18 heavy (non-hydrogen) atoms. The van der Waals surface area contributed by atoms with Gasteiger partial charge in [-0.1, -0.05) is 12.2 Å². The summed E-state index contributed by atoms with van der Waals surface area (Å²) in [6.07, 6.45) is 0. The molecule has 0 aliphatic carbocycles. The molecule has 102 valence electrons. The number of halogens is 1. The number of guanidine groups is 1. The number of aromatic nitrogens is 2. The second kappa shape index (κ2) is 7.40. The molecule has 0 atom stereocenters. The van der Waals surface area contributed by atoms with Crippen LogP contribution in [0.3, 0.4) is 0 Å². The van der Waals surface area contributed by atoms with Gasteiger partial charge in [-0.2, -0.15) is 5.10 Å². The molecule has 0 radical (unpaired) electrons. The summed E-state index contributed by atoms with van der Waals surface area (Å²) >= 11 is 0. The molecule has 0 spiro atoms. The quantitative estimate of drug-likeness (QED) is 0.370. The molecule has 0 saturated carbocycles. The monoisotopic (exact) mass is 363 g/mol. The summed E-state index contributed by atoms with van der Waals surface area (Å²) in [6.45, 7) is 11.0. The van der Waals surface area contributed by atoms with Crippen molar-refractivity contribution in [1.29, 1.82) is 0 Å². The molecule has 0 saturated heterocycles. The van der Waals surface area contributed by atoms with Gasteiger partial charge in [-0.3, -0.25) is 4.68 Å². The summed E-state index contributed by atoms with van der Waals surface area (Å²) in [5, 5.41) is 7.33. The topological polar surface area (TPSA) is 68.2 Å². The predicted molar refractivity (Wildman–Crippen MR) is 86.2 cm³/mol. The number of aliphatic imine (C=N–C) groups is 1. The number of nitrogens with zero attached hydrogens (tertiary/aromatic N) is 3. The van der Waals surface area contributed by atoms with Crippen LogP contribution in [0.2, 0.25) is 0 Å². The van der Waals surface area contributed by atoms with Gasteiger partial charge in [0.25, 0.3) is 0 Å². The molecule has 5 nitrogen and oxygen atoms in total. The summed E-state index contributed by atoms with van der Waals surface area (Å²) in [6, 6.07) is 0. The van der Waals surface area contributed by atoms with Crippen molar-refractivity contribution in [1.82, 2.24) is 15.1 Å². The SMILES string of the molecule is C=C(C)CNC(N)=NCc1c(C)nn(C)c1C.I. The van der Waals surface area contributed by atoms with Crippen LogP contribution in [0, 0.1) is 13.8 Å². The first-order valence-corrected chi connectivity index (χ1v) is 5.59. The third-order valence-electron chi connectivity index (χ3n) is 2.64. The fourth-order valence-electron chi connectivity index (χ4n) is 1.51. The molecule has 0 aliphatic rings. The third-order valence-corrected chi connectivity index (χ3v) is 2.64. The van der Waals surface area contributed by atoms with E-state index in [1.54, 1.807) is 0 Å². The molecular formula is C12H22IN5. The molecule has 1 aromatic heterocycles. The van der Waals surface area contributed by atoms with E-state index < -0.39 is 0 Å². The molecular weight excluding hydrogens is 341 g/mol. The van der Waals surface area contributed by atoms with E-state index in [2.05, 4.69) is 22.0 Å². The van der Waals surface area contributed by atoms with E-state index in [1.807, 2.05) is 32.5 Å². The van der Waals surface area contributed by atoms with Crippen molar-refractivity contribution in [2.45, 2.75) is 27.3 Å². The van der Waals surface area contributed by atoms with Gasteiger partial charge in [-0.05, 0) is 20.8 Å². The summed E-state index contributed by atoms with van der Waals surface area (Å²) in [5.41, 5.74) is 10.0. The number of hydrogen-bond donors (Lipinski definition) is 2. The average molecular weight is 363 g/mol. The number of rotatable bonds is 4. The van der Waals surface area contributed by atoms with Crippen molar-refractivity contribution in [3.8, 4) is 0 Å². The molecule has 0 fully saturated rings. The molecule has 1 aromatic rings. The van der Waals surface area contributed by atoms with Gasteiger partial charge in [0.05, 0.1) is 12.2 Å². The van der Waals surface area contributed by atoms with Crippen LogP contribution in [0.5, 0.6) is 0 Å². The van der Waals surface area contributed by atoms with Crippen LogP contribution in [-0.2, 0) is 13.6 Å². The Balaban J connectivity index is 0.00000289. The summed E-state index contributed by atoms with van der Waals surface area (Å²) in [5.74, 6) is 0.440. The molecule has 3 N–H and O–H groups in total. The minimum absolute atomic E-state index is 0. The van der Waals surface area contributed by atoms with Crippen molar-refractivity contribution >= 4 is 29.9 Å². The maximum absolute atomic E-state index is 5.75. The highest BCUT2D eigenvalue weighted by atomic mass is 127. The van der Waals surface area contributed by atoms with E-state index >= 15 is 0 Å². The zero-order valence-electron chi connectivity index (χ0n) is 11.4. The Morgan fingerprint density at radius 2 is 2.11 bits per heavy atom. The van der Waals surface area contributed by atoms with Crippen molar-refractivity contribution in [2.75, 3.05) is 6.54 Å². The lowest BCUT2D eigenvalue weighted by Gasteiger charge is -2.05. The lowest BCUT2D eigenvalue weighted by Crippen LogP contribution is -2.32. The Bertz CT molecular complexity index is 448. The van der Waals surface area contributed by atoms with E-state index in [4.69, 9.17) is 5.73 Å². The molecule has 0 aromatic carbocycles. The molecule has 0 unspecified atom stereocenters. The minimum Gasteiger partial charge on any atom is -0.370 e. The lowest BCUT2D eigenvalue weighted by molar-refractivity contribution is 0.730. The average Bonchev–Trinajstić information content (AvgIpc) is 2.48. The predicted octanol–water partition coefficient (Wildman–Crippen LogP) is 1.64. The van der Waals surface area contributed by atoms with Crippen molar-refractivity contribution in [3.63, 3.8) is 0 Å². The van der Waals surface area contributed by atoms with Crippen molar-refractivity contribution in [3.05, 3.63) is 29.1 Å². The van der Waals surface area contributed by atoms with E-state index in [-0.39, 0.29) is 24.0 Å². The second-order valence-electron chi connectivity index (χ2n) is 4.29. The Kier molecular flexibility index (Phi) is 6.97. The number of hydrogen-bond acceptors (Lipinski definition) is 2. The molecule has 0 bridgehead atoms. The Morgan fingerprint density at radius 3 is 2.56 bits per heavy atom. The molecule has 1 heterocycles. The Hall–Kier alpha value is -1.05. The van der Waals surface area contributed by atoms with E-state index in [0.717, 1.165) is 22.5 Å². The van der Waals surface area contributed by atoms with Gasteiger partial charge in [-0.25, -0.2) is 4.99 Å². The standard InChI is InChI=1S/C12H21N5.HI/c1-8(2)6-14-12(13)15-7-11-9(3)16-17(5)10(11)4;/h1,6-7H2,2-5H3,(H3,13,14,15);1H.